The van der Waals surface area contributed by atoms with Gasteiger partial charge in [-0.3, -0.25) is 4.68 Å². The first-order valence-corrected chi connectivity index (χ1v) is 6.31. The van der Waals surface area contributed by atoms with Gasteiger partial charge in [0.05, 0.1) is 29.5 Å². The largest absolute Gasteiger partial charge is 0.394 e. The van der Waals surface area contributed by atoms with Crippen molar-refractivity contribution in [3.05, 3.63) is 18.1 Å². The van der Waals surface area contributed by atoms with Gasteiger partial charge in [-0.1, -0.05) is 0 Å². The minimum atomic E-state index is 0.504. The summed E-state index contributed by atoms with van der Waals surface area (Å²) in [6.45, 7) is 7.63. The molecule has 0 aliphatic carbocycles. The maximum Gasteiger partial charge on any atom is 0.229 e. The maximum atomic E-state index is 5.79. The van der Waals surface area contributed by atoms with Crippen molar-refractivity contribution in [3.63, 3.8) is 0 Å². The quantitative estimate of drug-likeness (QED) is 0.759. The van der Waals surface area contributed by atoms with Gasteiger partial charge in [-0.2, -0.15) is 10.1 Å². The molecule has 2 aromatic rings. The second-order valence-electron chi connectivity index (χ2n) is 4.11. The average molecular weight is 261 g/mol. The Balaban J connectivity index is 2.23. The van der Waals surface area contributed by atoms with Crippen molar-refractivity contribution < 1.29 is 0 Å². The van der Waals surface area contributed by atoms with E-state index < -0.39 is 0 Å². The predicted octanol–water partition coefficient (Wildman–Crippen LogP) is 1.76. The fourth-order valence-corrected chi connectivity index (χ4v) is 1.77. The summed E-state index contributed by atoms with van der Waals surface area (Å²) in [5, 5.41) is 10.5. The van der Waals surface area contributed by atoms with Crippen LogP contribution in [0.25, 0.3) is 0 Å². The van der Waals surface area contributed by atoms with Gasteiger partial charge in [-0.25, -0.2) is 4.98 Å². The first-order valence-electron chi connectivity index (χ1n) is 6.31. The lowest BCUT2D eigenvalue weighted by Gasteiger charge is -2.09. The van der Waals surface area contributed by atoms with E-state index in [4.69, 9.17) is 5.73 Å². The molecular weight excluding hydrogens is 242 g/mol. The van der Waals surface area contributed by atoms with Crippen molar-refractivity contribution in [1.29, 1.82) is 0 Å². The third-order valence-corrected chi connectivity index (χ3v) is 2.81. The first-order chi connectivity index (χ1) is 9.15. The molecule has 0 fully saturated rings. The summed E-state index contributed by atoms with van der Waals surface area (Å²) in [7, 11) is 0. The number of aryl methyl sites for hydroxylation is 1. The van der Waals surface area contributed by atoms with Crippen LogP contribution in [0.1, 0.15) is 19.5 Å². The molecule has 0 aromatic carbocycles. The lowest BCUT2D eigenvalue weighted by molar-refractivity contribution is 0.640. The normalized spacial score (nSPS) is 10.5. The summed E-state index contributed by atoms with van der Waals surface area (Å²) in [6.07, 6.45) is 3.36. The zero-order chi connectivity index (χ0) is 13.8. The average Bonchev–Trinajstić information content (AvgIpc) is 2.75. The van der Waals surface area contributed by atoms with Crippen LogP contribution in [0.5, 0.6) is 0 Å². The SMILES string of the molecule is CCNc1nc(Nc2cnn(CC)c2C)ncc1N. The summed E-state index contributed by atoms with van der Waals surface area (Å²) in [6, 6.07) is 0. The molecule has 0 amide bonds. The Bertz CT molecular complexity index is 561. The molecule has 0 saturated carbocycles. The third-order valence-electron chi connectivity index (χ3n) is 2.81. The highest BCUT2D eigenvalue weighted by atomic mass is 15.3. The Labute approximate surface area is 112 Å². The second kappa shape index (κ2) is 5.55. The molecule has 4 N–H and O–H groups in total. The van der Waals surface area contributed by atoms with Crippen LogP contribution in [0.15, 0.2) is 12.4 Å². The Kier molecular flexibility index (Phi) is 3.84. The standard InChI is InChI=1S/C12H19N7/c1-4-14-11-9(13)6-15-12(18-11)17-10-7-16-19(5-2)8(10)3/h6-7H,4-5,13H2,1-3H3,(H2,14,15,17,18). The Morgan fingerprint density at radius 3 is 2.74 bits per heavy atom. The van der Waals surface area contributed by atoms with E-state index in [1.54, 1.807) is 12.4 Å². The molecule has 2 heterocycles. The Morgan fingerprint density at radius 1 is 1.32 bits per heavy atom. The molecule has 0 aliphatic rings. The molecule has 0 saturated heterocycles. The van der Waals surface area contributed by atoms with E-state index >= 15 is 0 Å². The van der Waals surface area contributed by atoms with Crippen LogP contribution in [0.2, 0.25) is 0 Å². The summed E-state index contributed by atoms with van der Waals surface area (Å²) in [4.78, 5) is 8.51. The smallest absolute Gasteiger partial charge is 0.229 e. The highest BCUT2D eigenvalue weighted by molar-refractivity contribution is 5.64. The van der Waals surface area contributed by atoms with Gasteiger partial charge >= 0.3 is 0 Å². The molecule has 0 spiro atoms. The number of rotatable bonds is 5. The minimum Gasteiger partial charge on any atom is -0.394 e. The van der Waals surface area contributed by atoms with E-state index in [0.29, 0.717) is 17.5 Å². The number of hydrogen-bond donors (Lipinski definition) is 3. The number of anilines is 4. The molecule has 102 valence electrons. The minimum absolute atomic E-state index is 0.504. The van der Waals surface area contributed by atoms with Crippen molar-refractivity contribution in [3.8, 4) is 0 Å². The topological polar surface area (TPSA) is 93.7 Å². The van der Waals surface area contributed by atoms with Crippen LogP contribution in [-0.4, -0.2) is 26.3 Å². The highest BCUT2D eigenvalue weighted by Gasteiger charge is 2.08. The number of nitrogens with zero attached hydrogens (tertiary/aromatic N) is 4. The van der Waals surface area contributed by atoms with Gasteiger partial charge in [0.15, 0.2) is 5.82 Å². The molecule has 0 atom stereocenters. The Morgan fingerprint density at radius 2 is 2.11 bits per heavy atom. The van der Waals surface area contributed by atoms with Gasteiger partial charge in [0.25, 0.3) is 0 Å². The van der Waals surface area contributed by atoms with E-state index in [1.807, 2.05) is 25.5 Å². The number of nitrogen functional groups attached to an aromatic ring is 1. The number of aromatic nitrogens is 4. The van der Waals surface area contributed by atoms with Gasteiger partial charge < -0.3 is 16.4 Å². The van der Waals surface area contributed by atoms with Crippen molar-refractivity contribution in [1.82, 2.24) is 19.7 Å². The molecule has 0 unspecified atom stereocenters. The van der Waals surface area contributed by atoms with Crippen LogP contribution in [0.3, 0.4) is 0 Å². The predicted molar refractivity (Wildman–Crippen MR) is 76.5 cm³/mol. The number of nitrogens with one attached hydrogen (secondary N) is 2. The molecular formula is C12H19N7. The van der Waals surface area contributed by atoms with E-state index in [-0.39, 0.29) is 0 Å². The van der Waals surface area contributed by atoms with Crippen molar-refractivity contribution in [2.75, 3.05) is 22.9 Å². The van der Waals surface area contributed by atoms with Gasteiger partial charge in [-0.15, -0.1) is 0 Å². The van der Waals surface area contributed by atoms with Crippen molar-refractivity contribution in [2.45, 2.75) is 27.3 Å². The van der Waals surface area contributed by atoms with E-state index in [0.717, 1.165) is 24.5 Å². The van der Waals surface area contributed by atoms with Crippen LogP contribution < -0.4 is 16.4 Å². The molecule has 0 aliphatic heterocycles. The fourth-order valence-electron chi connectivity index (χ4n) is 1.77. The van der Waals surface area contributed by atoms with Gasteiger partial charge in [0.1, 0.15) is 0 Å². The van der Waals surface area contributed by atoms with Crippen LogP contribution in [0.4, 0.5) is 23.1 Å². The van der Waals surface area contributed by atoms with Crippen LogP contribution in [-0.2, 0) is 6.54 Å². The fraction of sp³-hybridized carbons (Fsp3) is 0.417. The maximum absolute atomic E-state index is 5.79. The summed E-state index contributed by atoms with van der Waals surface area (Å²) < 4.78 is 1.91. The zero-order valence-electron chi connectivity index (χ0n) is 11.4. The molecule has 0 bridgehead atoms. The zero-order valence-corrected chi connectivity index (χ0v) is 11.4. The van der Waals surface area contributed by atoms with E-state index in [2.05, 4.69) is 25.7 Å². The number of nitrogens with two attached hydrogens (primary N) is 1. The summed E-state index contributed by atoms with van der Waals surface area (Å²) in [5.41, 5.74) is 8.27. The summed E-state index contributed by atoms with van der Waals surface area (Å²) >= 11 is 0. The van der Waals surface area contributed by atoms with Crippen molar-refractivity contribution in [2.24, 2.45) is 0 Å². The number of hydrogen-bond acceptors (Lipinski definition) is 6. The highest BCUT2D eigenvalue weighted by Crippen LogP contribution is 2.20. The van der Waals surface area contributed by atoms with E-state index in [1.165, 1.54) is 0 Å². The second-order valence-corrected chi connectivity index (χ2v) is 4.11. The van der Waals surface area contributed by atoms with Crippen LogP contribution >= 0.6 is 0 Å². The third kappa shape index (κ3) is 2.75. The Hall–Kier alpha value is -2.31. The molecule has 7 nitrogen and oxygen atoms in total. The molecule has 19 heavy (non-hydrogen) atoms. The lowest BCUT2D eigenvalue weighted by atomic mass is 10.4. The summed E-state index contributed by atoms with van der Waals surface area (Å²) in [5.74, 6) is 1.14. The van der Waals surface area contributed by atoms with Gasteiger partial charge in [0.2, 0.25) is 5.95 Å². The molecule has 0 radical (unpaired) electrons. The van der Waals surface area contributed by atoms with Gasteiger partial charge in [0, 0.05) is 13.1 Å². The van der Waals surface area contributed by atoms with Crippen LogP contribution in [0, 0.1) is 6.92 Å². The molecule has 2 rings (SSSR count). The monoisotopic (exact) mass is 261 g/mol. The van der Waals surface area contributed by atoms with E-state index in [9.17, 15) is 0 Å². The molecule has 2 aromatic heterocycles. The lowest BCUT2D eigenvalue weighted by Crippen LogP contribution is -2.07. The first kappa shape index (κ1) is 13.1. The van der Waals surface area contributed by atoms with Crippen molar-refractivity contribution >= 4 is 23.1 Å². The van der Waals surface area contributed by atoms with Gasteiger partial charge in [-0.05, 0) is 20.8 Å². The molecule has 7 heteroatoms.